The second kappa shape index (κ2) is 5.44. The molecule has 6 nitrogen and oxygen atoms in total. The van der Waals surface area contributed by atoms with E-state index in [1.807, 2.05) is 0 Å². The molecule has 0 aromatic carbocycles. The van der Waals surface area contributed by atoms with Gasteiger partial charge in [0, 0.05) is 24.9 Å². The number of nitrogens with one attached hydrogen (secondary N) is 2. The van der Waals surface area contributed by atoms with Crippen LogP contribution in [0.25, 0.3) is 0 Å². The minimum absolute atomic E-state index is 0.0436. The highest BCUT2D eigenvalue weighted by Gasteiger charge is 2.21. The topological polar surface area (TPSA) is 92.3 Å². The number of sulfone groups is 1. The molecule has 0 aromatic heterocycles. The molecule has 0 radical (unpaired) electrons. The first-order valence-electron chi connectivity index (χ1n) is 4.79. The van der Waals surface area contributed by atoms with E-state index in [-0.39, 0.29) is 5.75 Å². The second-order valence-electron chi connectivity index (χ2n) is 4.56. The largest absolute Gasteiger partial charge is 0.314 e. The van der Waals surface area contributed by atoms with Gasteiger partial charge >= 0.3 is 0 Å². The Kier molecular flexibility index (Phi) is 5.37. The van der Waals surface area contributed by atoms with Crippen LogP contribution in [0, 0.1) is 0 Å². The van der Waals surface area contributed by atoms with Crippen LogP contribution in [0.3, 0.4) is 0 Å². The Hall–Kier alpha value is -0.180. The van der Waals surface area contributed by atoms with Gasteiger partial charge in [0.15, 0.2) is 0 Å². The Morgan fingerprint density at radius 3 is 1.94 bits per heavy atom. The van der Waals surface area contributed by atoms with E-state index in [2.05, 4.69) is 10.0 Å². The highest BCUT2D eigenvalue weighted by molar-refractivity contribution is 7.90. The van der Waals surface area contributed by atoms with Gasteiger partial charge in [-0.15, -0.1) is 0 Å². The van der Waals surface area contributed by atoms with E-state index in [0.29, 0.717) is 13.1 Å². The van der Waals surface area contributed by atoms with Gasteiger partial charge in [0.1, 0.15) is 9.84 Å². The molecule has 0 bridgehead atoms. The first-order valence-corrected chi connectivity index (χ1v) is 8.74. The van der Waals surface area contributed by atoms with E-state index in [9.17, 15) is 16.8 Å². The van der Waals surface area contributed by atoms with Crippen LogP contribution in [0.5, 0.6) is 0 Å². The fourth-order valence-corrected chi connectivity index (χ4v) is 2.79. The van der Waals surface area contributed by atoms with Crippen molar-refractivity contribution in [3.8, 4) is 0 Å². The molecule has 0 amide bonds. The highest BCUT2D eigenvalue weighted by atomic mass is 32.2. The van der Waals surface area contributed by atoms with Gasteiger partial charge in [0.05, 0.1) is 12.0 Å². The Morgan fingerprint density at radius 1 is 1.06 bits per heavy atom. The Bertz CT molecular complexity index is 411. The standard InChI is InChI=1S/C8H20N2O4S2/c1-8(2,10-16(4,13)14)7-9-5-6-15(3,11)12/h9-10H,5-7H2,1-4H3. The summed E-state index contributed by atoms with van der Waals surface area (Å²) in [7, 11) is -6.23. The Labute approximate surface area is 97.8 Å². The van der Waals surface area contributed by atoms with Crippen LogP contribution in [-0.4, -0.2) is 53.7 Å². The van der Waals surface area contributed by atoms with Crippen molar-refractivity contribution in [3.05, 3.63) is 0 Å². The lowest BCUT2D eigenvalue weighted by Gasteiger charge is -2.25. The lowest BCUT2D eigenvalue weighted by atomic mass is 10.1. The second-order valence-corrected chi connectivity index (χ2v) is 8.57. The van der Waals surface area contributed by atoms with E-state index in [0.717, 1.165) is 12.5 Å². The van der Waals surface area contributed by atoms with Gasteiger partial charge in [-0.25, -0.2) is 21.6 Å². The molecular weight excluding hydrogens is 252 g/mol. The Morgan fingerprint density at radius 2 is 1.56 bits per heavy atom. The molecule has 0 rings (SSSR count). The molecule has 0 saturated carbocycles. The van der Waals surface area contributed by atoms with Gasteiger partial charge < -0.3 is 5.32 Å². The fraction of sp³-hybridized carbons (Fsp3) is 1.00. The predicted octanol–water partition coefficient (Wildman–Crippen LogP) is -1.05. The van der Waals surface area contributed by atoms with E-state index in [4.69, 9.17) is 0 Å². The molecular formula is C8H20N2O4S2. The average Bonchev–Trinajstić information content (AvgIpc) is 1.91. The van der Waals surface area contributed by atoms with Crippen LogP contribution >= 0.6 is 0 Å². The summed E-state index contributed by atoms with van der Waals surface area (Å²) in [5.41, 5.74) is -0.634. The molecule has 0 aliphatic heterocycles. The summed E-state index contributed by atoms with van der Waals surface area (Å²) in [6.45, 7) is 4.13. The number of sulfonamides is 1. The summed E-state index contributed by atoms with van der Waals surface area (Å²) in [6.07, 6.45) is 2.25. The van der Waals surface area contributed by atoms with E-state index in [1.165, 1.54) is 0 Å². The summed E-state index contributed by atoms with van der Waals surface area (Å²) in [6, 6.07) is 0. The van der Waals surface area contributed by atoms with Crippen molar-refractivity contribution in [1.29, 1.82) is 0 Å². The number of hydrogen-bond acceptors (Lipinski definition) is 5. The van der Waals surface area contributed by atoms with Crippen LogP contribution in [0.4, 0.5) is 0 Å². The number of hydrogen-bond donors (Lipinski definition) is 2. The first-order chi connectivity index (χ1) is 6.91. The molecule has 0 aliphatic carbocycles. The average molecular weight is 272 g/mol. The predicted molar refractivity (Wildman–Crippen MR) is 64.6 cm³/mol. The maximum Gasteiger partial charge on any atom is 0.209 e. The molecule has 0 aromatic rings. The smallest absolute Gasteiger partial charge is 0.209 e. The van der Waals surface area contributed by atoms with Crippen molar-refractivity contribution in [3.63, 3.8) is 0 Å². The molecule has 0 atom stereocenters. The van der Waals surface area contributed by atoms with Crippen molar-refractivity contribution in [2.24, 2.45) is 0 Å². The molecule has 0 saturated heterocycles. The molecule has 8 heteroatoms. The third-order valence-corrected chi connectivity index (χ3v) is 3.55. The minimum Gasteiger partial charge on any atom is -0.314 e. The maximum absolute atomic E-state index is 11.0. The van der Waals surface area contributed by atoms with Gasteiger partial charge in [-0.1, -0.05) is 0 Å². The Balaban J connectivity index is 4.02. The lowest BCUT2D eigenvalue weighted by molar-refractivity contribution is 0.426. The summed E-state index contributed by atoms with van der Waals surface area (Å²) in [5.74, 6) is 0.0436. The highest BCUT2D eigenvalue weighted by Crippen LogP contribution is 2.01. The third-order valence-electron chi connectivity index (χ3n) is 1.68. The summed E-state index contributed by atoms with van der Waals surface area (Å²) in [5, 5.41) is 2.90. The molecule has 2 N–H and O–H groups in total. The van der Waals surface area contributed by atoms with Crippen LogP contribution in [0.2, 0.25) is 0 Å². The molecule has 0 heterocycles. The SMILES string of the molecule is CC(C)(CNCCS(C)(=O)=O)NS(C)(=O)=O. The van der Waals surface area contributed by atoms with Crippen molar-refractivity contribution >= 4 is 19.9 Å². The van der Waals surface area contributed by atoms with Gasteiger partial charge in [-0.3, -0.25) is 0 Å². The normalized spacial score (nSPS) is 14.0. The first kappa shape index (κ1) is 15.8. The van der Waals surface area contributed by atoms with E-state index >= 15 is 0 Å². The van der Waals surface area contributed by atoms with Crippen molar-refractivity contribution in [2.45, 2.75) is 19.4 Å². The molecule has 0 aliphatic rings. The molecule has 98 valence electrons. The quantitative estimate of drug-likeness (QED) is 0.577. The number of rotatable bonds is 7. The molecule has 16 heavy (non-hydrogen) atoms. The van der Waals surface area contributed by atoms with Crippen LogP contribution in [0.1, 0.15) is 13.8 Å². The van der Waals surface area contributed by atoms with Crippen LogP contribution in [0.15, 0.2) is 0 Å². The van der Waals surface area contributed by atoms with Gasteiger partial charge in [0.25, 0.3) is 0 Å². The lowest BCUT2D eigenvalue weighted by Crippen LogP contribution is -2.50. The fourth-order valence-electron chi connectivity index (χ4n) is 1.20. The zero-order valence-electron chi connectivity index (χ0n) is 10.1. The zero-order valence-corrected chi connectivity index (χ0v) is 11.7. The zero-order chi connectivity index (χ0) is 13.0. The van der Waals surface area contributed by atoms with E-state index < -0.39 is 25.4 Å². The van der Waals surface area contributed by atoms with Crippen LogP contribution in [-0.2, 0) is 19.9 Å². The van der Waals surface area contributed by atoms with Gasteiger partial charge in [-0.2, -0.15) is 0 Å². The molecule has 0 unspecified atom stereocenters. The monoisotopic (exact) mass is 272 g/mol. The van der Waals surface area contributed by atoms with E-state index in [1.54, 1.807) is 13.8 Å². The van der Waals surface area contributed by atoms with Gasteiger partial charge in [0.2, 0.25) is 10.0 Å². The van der Waals surface area contributed by atoms with Crippen molar-refractivity contribution in [1.82, 2.24) is 10.0 Å². The summed E-state index contributed by atoms with van der Waals surface area (Å²) < 4.78 is 46.1. The minimum atomic E-state index is -3.26. The van der Waals surface area contributed by atoms with Crippen molar-refractivity contribution in [2.75, 3.05) is 31.4 Å². The summed E-state index contributed by atoms with van der Waals surface area (Å²) in [4.78, 5) is 0. The third kappa shape index (κ3) is 10.3. The molecule has 0 fully saturated rings. The maximum atomic E-state index is 11.0. The summed E-state index contributed by atoms with van der Waals surface area (Å²) >= 11 is 0. The van der Waals surface area contributed by atoms with Crippen molar-refractivity contribution < 1.29 is 16.8 Å². The van der Waals surface area contributed by atoms with Gasteiger partial charge in [-0.05, 0) is 13.8 Å². The van der Waals surface area contributed by atoms with Crippen LogP contribution < -0.4 is 10.0 Å². The molecule has 0 spiro atoms.